The van der Waals surface area contributed by atoms with E-state index in [0.717, 1.165) is 194 Å². The van der Waals surface area contributed by atoms with Gasteiger partial charge in [-0.1, -0.05) is 255 Å². The van der Waals surface area contributed by atoms with Crippen LogP contribution in [-0.2, 0) is 0 Å². The number of fused-ring (bicyclic) bond motifs is 14. The summed E-state index contributed by atoms with van der Waals surface area (Å²) in [4.78, 5) is 57.5. The highest BCUT2D eigenvalue weighted by molar-refractivity contribution is 6.21. The van der Waals surface area contributed by atoms with Crippen LogP contribution in [0.2, 0.25) is 0 Å². The van der Waals surface area contributed by atoms with Gasteiger partial charge in [0.25, 0.3) is 0 Å². The molecule has 0 aliphatic carbocycles. The third-order valence-corrected chi connectivity index (χ3v) is 22.9. The van der Waals surface area contributed by atoms with E-state index in [1.807, 2.05) is 146 Å². The minimum Gasteiger partial charge on any atom is -0.255 e. The number of para-hydroxylation sites is 3. The van der Waals surface area contributed by atoms with E-state index in [1.165, 1.54) is 38.4 Å². The zero-order chi connectivity index (χ0) is 80.8. The van der Waals surface area contributed by atoms with Crippen LogP contribution in [0, 0.1) is 0 Å². The Morgan fingerprint density at radius 1 is 0.139 bits per heavy atom. The lowest BCUT2D eigenvalue weighted by Gasteiger charge is -2.16. The number of rotatable bonds is 10. The molecule has 122 heavy (non-hydrogen) atoms. The Morgan fingerprint density at radius 2 is 0.459 bits per heavy atom. The molecular formula is C110H68N12. The first kappa shape index (κ1) is 71.8. The van der Waals surface area contributed by atoms with Gasteiger partial charge in [0.1, 0.15) is 0 Å². The molecule has 0 N–H and O–H groups in total. The summed E-state index contributed by atoms with van der Waals surface area (Å²) in [6, 6.07) is 130. The molecule has 568 valence electrons. The molecular weight excluding hydrogens is 1490 g/mol. The Balaban J connectivity index is 0.000000109. The third-order valence-electron chi connectivity index (χ3n) is 22.9. The Morgan fingerprint density at radius 3 is 0.926 bits per heavy atom. The summed E-state index contributed by atoms with van der Waals surface area (Å²) in [5.74, 6) is 0. The van der Waals surface area contributed by atoms with Crippen molar-refractivity contribution in [2.24, 2.45) is 0 Å². The summed E-state index contributed by atoms with van der Waals surface area (Å²) >= 11 is 0. The van der Waals surface area contributed by atoms with Crippen LogP contribution < -0.4 is 0 Å². The number of aromatic nitrogens is 12. The molecule has 0 bridgehead atoms. The van der Waals surface area contributed by atoms with Crippen LogP contribution in [-0.4, -0.2) is 59.8 Å². The molecule has 12 heteroatoms. The van der Waals surface area contributed by atoms with Crippen molar-refractivity contribution in [1.82, 2.24) is 59.8 Å². The van der Waals surface area contributed by atoms with E-state index in [-0.39, 0.29) is 0 Å². The predicted molar refractivity (Wildman–Crippen MR) is 500 cm³/mol. The smallest absolute Gasteiger partial charge is 0.0978 e. The summed E-state index contributed by atoms with van der Waals surface area (Å²) in [6.45, 7) is 0. The van der Waals surface area contributed by atoms with Gasteiger partial charge in [-0.05, 0) is 171 Å². The van der Waals surface area contributed by atoms with Crippen molar-refractivity contribution in [3.8, 4) is 112 Å². The maximum absolute atomic E-state index is 5.10. The summed E-state index contributed by atoms with van der Waals surface area (Å²) in [6.07, 6.45) is 10.9. The van der Waals surface area contributed by atoms with Crippen molar-refractivity contribution in [3.05, 3.63) is 413 Å². The van der Waals surface area contributed by atoms with E-state index in [1.54, 1.807) is 18.6 Å². The van der Waals surface area contributed by atoms with E-state index in [0.29, 0.717) is 0 Å². The topological polar surface area (TPSA) is 155 Å². The normalized spacial score (nSPS) is 11.4. The van der Waals surface area contributed by atoms with Crippen LogP contribution >= 0.6 is 0 Å². The van der Waals surface area contributed by atoms with Gasteiger partial charge < -0.3 is 0 Å². The number of hydrogen-bond acceptors (Lipinski definition) is 12. The fraction of sp³-hybridized carbons (Fsp3) is 0. The van der Waals surface area contributed by atoms with Gasteiger partial charge >= 0.3 is 0 Å². The molecule has 0 aliphatic rings. The van der Waals surface area contributed by atoms with Gasteiger partial charge in [0.15, 0.2) is 0 Å². The minimum atomic E-state index is 0.858. The quantitative estimate of drug-likeness (QED) is 0.0945. The summed E-state index contributed by atoms with van der Waals surface area (Å²) in [7, 11) is 0. The standard InChI is InChI=1S/C38H24N4.2C36H22N4/c1-2-9-33-30(8-1)36(31-22-21-29-7-6-24-40-37(29)38(31)42-33)28-19-15-26(16-20-28)25-13-17-27(18-14-25)32-11-5-12-35(41-32)34-10-3-4-23-39-34;1-2-9-31-28(8-1)34(29-18-17-23-7-6-20-38-35(23)36(29)40-31)27-16-14-24-21-26(15-13-25(24)22-27)30-11-5-12-33(39-30)32-10-3-4-19-37-32;1-2-11-25-24(10-1)26(30-15-7-16-33(39-30)32-14-5-6-21-37-32)19-20-27(25)34-28-12-3-4-13-31(28)40-36-29(34)18-17-23-9-8-22-38-35(23)36/h1-24H;2*1-22H. The second-order valence-electron chi connectivity index (χ2n) is 30.1. The molecule has 12 aromatic carbocycles. The highest BCUT2D eigenvalue weighted by atomic mass is 14.8. The van der Waals surface area contributed by atoms with Gasteiger partial charge in [-0.25, -0.2) is 29.9 Å². The Hall–Kier alpha value is -16.7. The van der Waals surface area contributed by atoms with E-state index in [9.17, 15) is 0 Å². The average molecular weight is 1560 g/mol. The van der Waals surface area contributed by atoms with Crippen molar-refractivity contribution in [2.45, 2.75) is 0 Å². The first-order valence-corrected chi connectivity index (χ1v) is 40.6. The van der Waals surface area contributed by atoms with E-state index >= 15 is 0 Å². The van der Waals surface area contributed by atoms with Gasteiger partial charge in [0.05, 0.1) is 101 Å². The highest BCUT2D eigenvalue weighted by Gasteiger charge is 2.22. The molecule has 12 heterocycles. The highest BCUT2D eigenvalue weighted by Crippen LogP contribution is 2.45. The lowest BCUT2D eigenvalue weighted by Crippen LogP contribution is -1.94. The average Bonchev–Trinajstić information content (AvgIpc) is 0.731. The molecule has 0 fully saturated rings. The van der Waals surface area contributed by atoms with Crippen LogP contribution in [0.25, 0.3) is 232 Å². The third kappa shape index (κ3) is 13.4. The molecule has 0 unspecified atom stereocenters. The molecule has 24 aromatic rings. The number of pyridine rings is 12. The molecule has 0 saturated carbocycles. The lowest BCUT2D eigenvalue weighted by atomic mass is 9.89. The zero-order valence-corrected chi connectivity index (χ0v) is 65.6. The number of nitrogens with zero attached hydrogens (tertiary/aromatic N) is 12. The summed E-state index contributed by atoms with van der Waals surface area (Å²) in [5.41, 5.74) is 29.0. The summed E-state index contributed by atoms with van der Waals surface area (Å²) < 4.78 is 0. The van der Waals surface area contributed by atoms with Gasteiger partial charge in [0.2, 0.25) is 0 Å². The Kier molecular flexibility index (Phi) is 18.3. The van der Waals surface area contributed by atoms with Crippen molar-refractivity contribution >= 4 is 120 Å². The predicted octanol–water partition coefficient (Wildman–Crippen LogP) is 27.2. The number of hydrogen-bond donors (Lipinski definition) is 0. The van der Waals surface area contributed by atoms with Crippen molar-refractivity contribution in [1.29, 1.82) is 0 Å². The second-order valence-corrected chi connectivity index (χ2v) is 30.1. The van der Waals surface area contributed by atoms with Crippen molar-refractivity contribution < 1.29 is 0 Å². The number of benzene rings is 12. The first-order chi connectivity index (χ1) is 60.5. The molecule has 24 rings (SSSR count). The first-order valence-electron chi connectivity index (χ1n) is 40.6. The van der Waals surface area contributed by atoms with Gasteiger partial charge in [-0.2, -0.15) is 0 Å². The SMILES string of the molecule is c1ccc(-c2cccc(-c3ccc(-c4c5ccccc5nc5c4ccc4cccnc45)c4ccccc34)n2)nc1.c1ccc(-c2cccc(-c3ccc(-c4ccc(-c5c6ccccc6nc6c5ccc5cccnc56)cc4)cc3)n2)nc1.c1ccc(-c2cccc(-c3ccc4cc(-c5c6ccccc6nc6c5ccc5cccnc56)ccc4c3)n2)nc1. The van der Waals surface area contributed by atoms with Crippen LogP contribution in [0.1, 0.15) is 0 Å². The van der Waals surface area contributed by atoms with Gasteiger partial charge in [-0.15, -0.1) is 0 Å². The van der Waals surface area contributed by atoms with Crippen molar-refractivity contribution in [3.63, 3.8) is 0 Å². The molecule has 12 aromatic heterocycles. The Bertz CT molecular complexity index is 8200. The largest absolute Gasteiger partial charge is 0.255 e. The van der Waals surface area contributed by atoms with E-state index in [4.69, 9.17) is 39.9 Å². The van der Waals surface area contributed by atoms with Crippen LogP contribution in [0.3, 0.4) is 0 Å². The maximum atomic E-state index is 5.10. The second kappa shape index (κ2) is 31.1. The molecule has 0 radical (unpaired) electrons. The van der Waals surface area contributed by atoms with Crippen LogP contribution in [0.4, 0.5) is 0 Å². The molecule has 0 saturated heterocycles. The van der Waals surface area contributed by atoms with Crippen molar-refractivity contribution in [2.75, 3.05) is 0 Å². The van der Waals surface area contributed by atoms with Gasteiger partial charge in [-0.3, -0.25) is 29.9 Å². The monoisotopic (exact) mass is 1560 g/mol. The molecule has 0 spiro atoms. The lowest BCUT2D eigenvalue weighted by molar-refractivity contribution is 1.25. The summed E-state index contributed by atoms with van der Waals surface area (Å²) in [5, 5.41) is 14.6. The fourth-order valence-corrected chi connectivity index (χ4v) is 17.1. The molecule has 0 amide bonds. The maximum Gasteiger partial charge on any atom is 0.0978 e. The minimum absolute atomic E-state index is 0.858. The van der Waals surface area contributed by atoms with Crippen LogP contribution in [0.15, 0.2) is 413 Å². The molecule has 0 aliphatic heterocycles. The fourth-order valence-electron chi connectivity index (χ4n) is 17.1. The van der Waals surface area contributed by atoms with E-state index < -0.39 is 0 Å². The van der Waals surface area contributed by atoms with E-state index in [2.05, 4.69) is 269 Å². The zero-order valence-electron chi connectivity index (χ0n) is 65.6. The molecule has 0 atom stereocenters. The Labute approximate surface area is 700 Å². The van der Waals surface area contributed by atoms with Crippen LogP contribution in [0.5, 0.6) is 0 Å². The molecule has 12 nitrogen and oxygen atoms in total. The van der Waals surface area contributed by atoms with Gasteiger partial charge in [0, 0.05) is 119 Å².